The summed E-state index contributed by atoms with van der Waals surface area (Å²) in [6.07, 6.45) is 4.89. The molecule has 1 aliphatic carbocycles. The minimum absolute atomic E-state index is 0.193. The first kappa shape index (κ1) is 20.1. The fraction of sp³-hybridized carbons (Fsp3) is 0.286. The van der Waals surface area contributed by atoms with Crippen LogP contribution in [0, 0.1) is 0 Å². The van der Waals surface area contributed by atoms with Gasteiger partial charge in [0.2, 0.25) is 0 Å². The highest BCUT2D eigenvalue weighted by atomic mass is 79.9. The number of carbonyl (C=O) groups is 3. The van der Waals surface area contributed by atoms with E-state index in [9.17, 15) is 14.4 Å². The van der Waals surface area contributed by atoms with Crippen molar-refractivity contribution in [3.8, 4) is 5.75 Å². The number of ether oxygens (including phenoxy) is 1. The number of hydrogen-bond donors (Lipinski definition) is 2. The number of para-hydroxylation sites is 1. The van der Waals surface area contributed by atoms with Gasteiger partial charge in [0.25, 0.3) is 11.8 Å². The lowest BCUT2D eigenvalue weighted by molar-refractivity contribution is -0.118. The highest BCUT2D eigenvalue weighted by Crippen LogP contribution is 2.22. The molecule has 2 aromatic rings. The lowest BCUT2D eigenvalue weighted by Gasteiger charge is -2.15. The molecule has 0 bridgehead atoms. The molecular formula is C21H21BrN2O4. The Balaban J connectivity index is 1.62. The number of carbonyl (C=O) groups excluding carboxylic acids is 3. The second-order valence-electron chi connectivity index (χ2n) is 6.64. The van der Waals surface area contributed by atoms with E-state index in [0.29, 0.717) is 28.8 Å². The molecule has 28 heavy (non-hydrogen) atoms. The summed E-state index contributed by atoms with van der Waals surface area (Å²) in [6.45, 7) is -0.277. The van der Waals surface area contributed by atoms with Gasteiger partial charge in [0.1, 0.15) is 5.75 Å². The van der Waals surface area contributed by atoms with Crippen LogP contribution in [0.2, 0.25) is 0 Å². The number of amides is 2. The van der Waals surface area contributed by atoms with Crippen molar-refractivity contribution in [3.63, 3.8) is 0 Å². The van der Waals surface area contributed by atoms with Crippen molar-refractivity contribution in [3.05, 3.63) is 58.1 Å². The Morgan fingerprint density at radius 3 is 2.64 bits per heavy atom. The van der Waals surface area contributed by atoms with E-state index in [1.165, 1.54) is 0 Å². The van der Waals surface area contributed by atoms with Gasteiger partial charge in [0.15, 0.2) is 12.9 Å². The summed E-state index contributed by atoms with van der Waals surface area (Å²) in [5.74, 6) is -0.290. The van der Waals surface area contributed by atoms with Crippen LogP contribution in [-0.4, -0.2) is 30.7 Å². The van der Waals surface area contributed by atoms with Crippen molar-refractivity contribution in [2.75, 3.05) is 11.9 Å². The Bertz CT molecular complexity index is 878. The number of rotatable bonds is 7. The van der Waals surface area contributed by atoms with E-state index >= 15 is 0 Å². The first-order valence-electron chi connectivity index (χ1n) is 9.14. The van der Waals surface area contributed by atoms with E-state index in [4.69, 9.17) is 4.74 Å². The smallest absolute Gasteiger partial charge is 0.262 e. The molecule has 0 saturated heterocycles. The molecule has 0 aliphatic heterocycles. The van der Waals surface area contributed by atoms with Gasteiger partial charge in [-0.3, -0.25) is 14.4 Å². The molecule has 0 spiro atoms. The van der Waals surface area contributed by atoms with E-state index in [0.717, 1.165) is 30.2 Å². The standard InChI is InChI=1S/C21H21BrN2O4/c22-15-9-10-19(14(11-15)12-25)28-13-20(26)24-18-8-4-3-7-17(18)21(27)23-16-5-1-2-6-16/h3-4,7-12,16H,1-2,5-6,13H2,(H,23,27)(H,24,26). The van der Waals surface area contributed by atoms with Crippen LogP contribution in [0.15, 0.2) is 46.9 Å². The lowest BCUT2D eigenvalue weighted by Crippen LogP contribution is -2.33. The quantitative estimate of drug-likeness (QED) is 0.633. The van der Waals surface area contributed by atoms with E-state index in [-0.39, 0.29) is 18.6 Å². The Morgan fingerprint density at radius 2 is 1.89 bits per heavy atom. The number of anilines is 1. The number of nitrogens with one attached hydrogen (secondary N) is 2. The number of halogens is 1. The molecule has 0 aromatic heterocycles. The zero-order valence-corrected chi connectivity index (χ0v) is 16.8. The van der Waals surface area contributed by atoms with Crippen molar-refractivity contribution < 1.29 is 19.1 Å². The summed E-state index contributed by atoms with van der Waals surface area (Å²) in [5.41, 5.74) is 1.19. The highest BCUT2D eigenvalue weighted by Gasteiger charge is 2.20. The predicted molar refractivity (Wildman–Crippen MR) is 110 cm³/mol. The first-order valence-corrected chi connectivity index (χ1v) is 9.93. The third kappa shape index (κ3) is 5.19. The van der Waals surface area contributed by atoms with Crippen LogP contribution in [0.4, 0.5) is 5.69 Å². The molecule has 6 nitrogen and oxygen atoms in total. The van der Waals surface area contributed by atoms with Crippen LogP contribution in [0.5, 0.6) is 5.75 Å². The highest BCUT2D eigenvalue weighted by molar-refractivity contribution is 9.10. The van der Waals surface area contributed by atoms with Gasteiger partial charge in [-0.25, -0.2) is 0 Å². The van der Waals surface area contributed by atoms with Crippen LogP contribution >= 0.6 is 15.9 Å². The van der Waals surface area contributed by atoms with Crippen molar-refractivity contribution in [1.82, 2.24) is 5.32 Å². The number of aldehydes is 1. The molecule has 2 N–H and O–H groups in total. The fourth-order valence-electron chi connectivity index (χ4n) is 3.20. The van der Waals surface area contributed by atoms with Crippen LogP contribution < -0.4 is 15.4 Å². The molecule has 0 heterocycles. The summed E-state index contributed by atoms with van der Waals surface area (Å²) in [4.78, 5) is 36.0. The third-order valence-corrected chi connectivity index (χ3v) is 5.09. The van der Waals surface area contributed by atoms with Gasteiger partial charge in [0, 0.05) is 10.5 Å². The van der Waals surface area contributed by atoms with Crippen LogP contribution in [-0.2, 0) is 4.79 Å². The van der Waals surface area contributed by atoms with E-state index in [2.05, 4.69) is 26.6 Å². The zero-order valence-electron chi connectivity index (χ0n) is 15.2. The van der Waals surface area contributed by atoms with Crippen molar-refractivity contribution in [2.24, 2.45) is 0 Å². The van der Waals surface area contributed by atoms with Gasteiger partial charge in [-0.1, -0.05) is 40.9 Å². The van der Waals surface area contributed by atoms with Gasteiger partial charge in [-0.05, 0) is 43.2 Å². The summed E-state index contributed by atoms with van der Waals surface area (Å²) >= 11 is 3.28. The maximum Gasteiger partial charge on any atom is 0.262 e. The first-order chi connectivity index (χ1) is 13.6. The molecule has 0 radical (unpaired) electrons. The van der Waals surface area contributed by atoms with Crippen LogP contribution in [0.25, 0.3) is 0 Å². The molecule has 0 atom stereocenters. The molecular weight excluding hydrogens is 424 g/mol. The van der Waals surface area contributed by atoms with Crippen molar-refractivity contribution in [1.29, 1.82) is 0 Å². The molecule has 146 valence electrons. The van der Waals surface area contributed by atoms with Crippen LogP contribution in [0.1, 0.15) is 46.4 Å². The maximum atomic E-state index is 12.6. The zero-order chi connectivity index (χ0) is 19.9. The van der Waals surface area contributed by atoms with Gasteiger partial charge >= 0.3 is 0 Å². The van der Waals surface area contributed by atoms with Gasteiger partial charge in [-0.2, -0.15) is 0 Å². The predicted octanol–water partition coefficient (Wildman–Crippen LogP) is 3.95. The molecule has 1 aliphatic rings. The summed E-state index contributed by atoms with van der Waals surface area (Å²) in [6, 6.07) is 12.0. The minimum atomic E-state index is -0.416. The molecule has 0 unspecified atom stereocenters. The van der Waals surface area contributed by atoms with E-state index < -0.39 is 5.91 Å². The molecule has 1 fully saturated rings. The molecule has 2 aromatic carbocycles. The Kier molecular flexibility index (Phi) is 6.81. The topological polar surface area (TPSA) is 84.5 Å². The SMILES string of the molecule is O=Cc1cc(Br)ccc1OCC(=O)Nc1ccccc1C(=O)NC1CCCC1. The van der Waals surface area contributed by atoms with Crippen molar-refractivity contribution in [2.45, 2.75) is 31.7 Å². The van der Waals surface area contributed by atoms with E-state index in [1.54, 1.807) is 42.5 Å². The van der Waals surface area contributed by atoms with Gasteiger partial charge < -0.3 is 15.4 Å². The normalized spacial score (nSPS) is 13.8. The van der Waals surface area contributed by atoms with Crippen molar-refractivity contribution >= 4 is 39.7 Å². The molecule has 1 saturated carbocycles. The summed E-state index contributed by atoms with van der Waals surface area (Å²) in [7, 11) is 0. The Labute approximate surface area is 171 Å². The monoisotopic (exact) mass is 444 g/mol. The Morgan fingerprint density at radius 1 is 1.14 bits per heavy atom. The van der Waals surface area contributed by atoms with Gasteiger partial charge in [0.05, 0.1) is 16.8 Å². The molecule has 7 heteroatoms. The second-order valence-corrected chi connectivity index (χ2v) is 7.55. The molecule has 2 amide bonds. The van der Waals surface area contributed by atoms with Crippen LogP contribution in [0.3, 0.4) is 0 Å². The summed E-state index contributed by atoms with van der Waals surface area (Å²) < 4.78 is 6.20. The molecule has 3 rings (SSSR count). The summed E-state index contributed by atoms with van der Waals surface area (Å²) in [5, 5.41) is 5.74. The average Bonchev–Trinajstić information content (AvgIpc) is 3.20. The maximum absolute atomic E-state index is 12.6. The third-order valence-electron chi connectivity index (χ3n) is 4.59. The lowest BCUT2D eigenvalue weighted by atomic mass is 10.1. The average molecular weight is 445 g/mol. The van der Waals surface area contributed by atoms with E-state index in [1.807, 2.05) is 0 Å². The Hall–Kier alpha value is -2.67. The van der Waals surface area contributed by atoms with Gasteiger partial charge in [-0.15, -0.1) is 0 Å². The fourth-order valence-corrected chi connectivity index (χ4v) is 3.57. The minimum Gasteiger partial charge on any atom is -0.483 e. The number of benzene rings is 2. The second kappa shape index (κ2) is 9.50. The largest absolute Gasteiger partial charge is 0.483 e. The number of hydrogen-bond acceptors (Lipinski definition) is 4.